The highest BCUT2D eigenvalue weighted by Crippen LogP contribution is 2.35. The maximum absolute atomic E-state index is 11.5. The van der Waals surface area contributed by atoms with Gasteiger partial charge in [0.2, 0.25) is 0 Å². The van der Waals surface area contributed by atoms with E-state index in [1.165, 1.54) is 0 Å². The Kier molecular flexibility index (Phi) is 2.41. The van der Waals surface area contributed by atoms with Gasteiger partial charge >= 0.3 is 11.9 Å². The van der Waals surface area contributed by atoms with Crippen molar-refractivity contribution in [1.29, 1.82) is 0 Å². The van der Waals surface area contributed by atoms with Gasteiger partial charge in [0.25, 0.3) is 0 Å². The second kappa shape index (κ2) is 3.73. The molecule has 0 amide bonds. The first kappa shape index (κ1) is 9.71. The van der Waals surface area contributed by atoms with Crippen molar-refractivity contribution in [3.05, 3.63) is 29.8 Å². The van der Waals surface area contributed by atoms with Crippen LogP contribution < -0.4 is 4.74 Å². The van der Waals surface area contributed by atoms with E-state index in [-0.39, 0.29) is 6.61 Å². The summed E-state index contributed by atoms with van der Waals surface area (Å²) >= 11 is 0. The predicted molar refractivity (Wildman–Crippen MR) is 51.5 cm³/mol. The summed E-state index contributed by atoms with van der Waals surface area (Å²) in [7, 11) is 0. The SMILES string of the molecule is CCOC(=O)C1C(=O)Oc2ccccc21. The Balaban J connectivity index is 2.33. The van der Waals surface area contributed by atoms with Crippen LogP contribution in [0.15, 0.2) is 24.3 Å². The fraction of sp³-hybridized carbons (Fsp3) is 0.273. The molecule has 1 aliphatic rings. The molecule has 1 unspecified atom stereocenters. The van der Waals surface area contributed by atoms with Crippen LogP contribution in [0.3, 0.4) is 0 Å². The van der Waals surface area contributed by atoms with E-state index in [1.807, 2.05) is 0 Å². The highest BCUT2D eigenvalue weighted by Gasteiger charge is 2.39. The van der Waals surface area contributed by atoms with E-state index in [9.17, 15) is 9.59 Å². The minimum Gasteiger partial charge on any atom is -0.465 e. The van der Waals surface area contributed by atoms with Crippen LogP contribution in [0.4, 0.5) is 0 Å². The Morgan fingerprint density at radius 2 is 2.20 bits per heavy atom. The van der Waals surface area contributed by atoms with Crippen molar-refractivity contribution in [2.24, 2.45) is 0 Å². The molecule has 15 heavy (non-hydrogen) atoms. The molecule has 2 rings (SSSR count). The fourth-order valence-corrected chi connectivity index (χ4v) is 1.56. The monoisotopic (exact) mass is 206 g/mol. The van der Waals surface area contributed by atoms with Crippen LogP contribution in [-0.4, -0.2) is 18.5 Å². The van der Waals surface area contributed by atoms with Gasteiger partial charge in [-0.15, -0.1) is 0 Å². The summed E-state index contributed by atoms with van der Waals surface area (Å²) in [5.41, 5.74) is 0.584. The van der Waals surface area contributed by atoms with Crippen molar-refractivity contribution < 1.29 is 19.1 Å². The molecule has 78 valence electrons. The molecular weight excluding hydrogens is 196 g/mol. The van der Waals surface area contributed by atoms with Crippen LogP contribution >= 0.6 is 0 Å². The average Bonchev–Trinajstić information content (AvgIpc) is 2.54. The van der Waals surface area contributed by atoms with Crippen LogP contribution in [0.2, 0.25) is 0 Å². The first-order valence-electron chi connectivity index (χ1n) is 4.71. The number of fused-ring (bicyclic) bond motifs is 1. The molecule has 0 saturated carbocycles. The van der Waals surface area contributed by atoms with Crippen LogP contribution in [0, 0.1) is 0 Å². The lowest BCUT2D eigenvalue weighted by Gasteiger charge is -2.05. The lowest BCUT2D eigenvalue weighted by molar-refractivity contribution is -0.151. The third-order valence-electron chi connectivity index (χ3n) is 2.20. The minimum absolute atomic E-state index is 0.255. The molecule has 0 saturated heterocycles. The van der Waals surface area contributed by atoms with Crippen molar-refractivity contribution in [1.82, 2.24) is 0 Å². The third kappa shape index (κ3) is 1.58. The Labute approximate surface area is 86.8 Å². The number of benzene rings is 1. The highest BCUT2D eigenvalue weighted by atomic mass is 16.6. The van der Waals surface area contributed by atoms with Gasteiger partial charge in [0.15, 0.2) is 5.92 Å². The topological polar surface area (TPSA) is 52.6 Å². The first-order chi connectivity index (χ1) is 7.24. The number of ether oxygens (including phenoxy) is 2. The Morgan fingerprint density at radius 3 is 2.93 bits per heavy atom. The van der Waals surface area contributed by atoms with E-state index < -0.39 is 17.9 Å². The van der Waals surface area contributed by atoms with Gasteiger partial charge in [0, 0.05) is 5.56 Å². The molecule has 1 atom stereocenters. The molecule has 0 N–H and O–H groups in total. The summed E-state index contributed by atoms with van der Waals surface area (Å²) in [5, 5.41) is 0. The van der Waals surface area contributed by atoms with Crippen molar-refractivity contribution in [2.75, 3.05) is 6.61 Å². The van der Waals surface area contributed by atoms with E-state index in [0.717, 1.165) is 0 Å². The van der Waals surface area contributed by atoms with Gasteiger partial charge in [-0.05, 0) is 13.0 Å². The molecule has 0 spiro atoms. The zero-order valence-corrected chi connectivity index (χ0v) is 8.23. The molecule has 1 aromatic rings. The Hall–Kier alpha value is -1.84. The second-order valence-corrected chi connectivity index (χ2v) is 3.14. The molecule has 0 fully saturated rings. The van der Waals surface area contributed by atoms with Gasteiger partial charge < -0.3 is 9.47 Å². The number of hydrogen-bond donors (Lipinski definition) is 0. The number of para-hydroxylation sites is 1. The first-order valence-corrected chi connectivity index (χ1v) is 4.71. The standard InChI is InChI=1S/C11H10O4/c1-2-14-10(12)9-7-5-3-4-6-8(7)15-11(9)13/h3-6,9H,2H2,1H3. The molecular formula is C11H10O4. The predicted octanol–water partition coefficient (Wildman–Crippen LogP) is 1.25. The molecule has 0 bridgehead atoms. The Morgan fingerprint density at radius 1 is 1.47 bits per heavy atom. The van der Waals surface area contributed by atoms with E-state index in [4.69, 9.17) is 9.47 Å². The molecule has 0 aliphatic carbocycles. The van der Waals surface area contributed by atoms with Crippen LogP contribution in [0.1, 0.15) is 18.4 Å². The van der Waals surface area contributed by atoms with Gasteiger partial charge in [-0.1, -0.05) is 18.2 Å². The molecule has 1 heterocycles. The summed E-state index contributed by atoms with van der Waals surface area (Å²) in [6, 6.07) is 6.86. The zero-order valence-electron chi connectivity index (χ0n) is 8.23. The summed E-state index contributed by atoms with van der Waals surface area (Å²) < 4.78 is 9.76. The number of rotatable bonds is 2. The van der Waals surface area contributed by atoms with Gasteiger partial charge in [-0.2, -0.15) is 0 Å². The zero-order chi connectivity index (χ0) is 10.8. The third-order valence-corrected chi connectivity index (χ3v) is 2.20. The lowest BCUT2D eigenvalue weighted by Crippen LogP contribution is -2.22. The maximum Gasteiger partial charge on any atom is 0.330 e. The summed E-state index contributed by atoms with van der Waals surface area (Å²) in [4.78, 5) is 22.9. The number of esters is 2. The number of carbonyl (C=O) groups excluding carboxylic acids is 2. The molecule has 4 heteroatoms. The van der Waals surface area contributed by atoms with Crippen molar-refractivity contribution in [3.63, 3.8) is 0 Å². The Bertz CT molecular complexity index is 411. The van der Waals surface area contributed by atoms with Gasteiger partial charge in [-0.25, -0.2) is 0 Å². The highest BCUT2D eigenvalue weighted by molar-refractivity contribution is 6.04. The molecule has 4 nitrogen and oxygen atoms in total. The van der Waals surface area contributed by atoms with E-state index in [1.54, 1.807) is 31.2 Å². The van der Waals surface area contributed by atoms with Gasteiger partial charge in [-0.3, -0.25) is 9.59 Å². The van der Waals surface area contributed by atoms with E-state index in [2.05, 4.69) is 0 Å². The van der Waals surface area contributed by atoms with Crippen molar-refractivity contribution in [3.8, 4) is 5.75 Å². The second-order valence-electron chi connectivity index (χ2n) is 3.14. The summed E-state index contributed by atoms with van der Waals surface area (Å²) in [5.74, 6) is -1.58. The number of carbonyl (C=O) groups is 2. The lowest BCUT2D eigenvalue weighted by atomic mass is 10.0. The van der Waals surface area contributed by atoms with Crippen LogP contribution in [0.5, 0.6) is 5.75 Å². The maximum atomic E-state index is 11.5. The fourth-order valence-electron chi connectivity index (χ4n) is 1.56. The smallest absolute Gasteiger partial charge is 0.330 e. The van der Waals surface area contributed by atoms with Crippen LogP contribution in [-0.2, 0) is 14.3 Å². The quantitative estimate of drug-likeness (QED) is 0.415. The van der Waals surface area contributed by atoms with Crippen molar-refractivity contribution in [2.45, 2.75) is 12.8 Å². The van der Waals surface area contributed by atoms with Gasteiger partial charge in [0.05, 0.1) is 6.61 Å². The summed E-state index contributed by atoms with van der Waals surface area (Å²) in [6.45, 7) is 1.95. The van der Waals surface area contributed by atoms with Gasteiger partial charge in [0.1, 0.15) is 5.75 Å². The molecule has 0 aromatic heterocycles. The normalized spacial score (nSPS) is 18.2. The molecule has 1 aliphatic heterocycles. The minimum atomic E-state index is -0.916. The summed E-state index contributed by atoms with van der Waals surface area (Å²) in [6.07, 6.45) is 0. The van der Waals surface area contributed by atoms with E-state index in [0.29, 0.717) is 11.3 Å². The largest absolute Gasteiger partial charge is 0.465 e. The van der Waals surface area contributed by atoms with Crippen molar-refractivity contribution >= 4 is 11.9 Å². The number of hydrogen-bond acceptors (Lipinski definition) is 4. The average molecular weight is 206 g/mol. The molecule has 1 aromatic carbocycles. The van der Waals surface area contributed by atoms with Crippen LogP contribution in [0.25, 0.3) is 0 Å². The molecule has 0 radical (unpaired) electrons. The van der Waals surface area contributed by atoms with E-state index >= 15 is 0 Å².